The first kappa shape index (κ1) is 11.2. The number of fused-ring (bicyclic) bond motifs is 1. The molecule has 92 valence electrons. The maximum absolute atomic E-state index is 5.87. The van der Waals surface area contributed by atoms with Crippen LogP contribution in [0.15, 0.2) is 6.33 Å². The molecule has 2 aliphatic rings. The van der Waals surface area contributed by atoms with Crippen molar-refractivity contribution in [3.8, 4) is 0 Å². The molecular formula is C12H16ClN3O. The Morgan fingerprint density at radius 1 is 1.41 bits per heavy atom. The van der Waals surface area contributed by atoms with Crippen LogP contribution in [0, 0.1) is 0 Å². The van der Waals surface area contributed by atoms with E-state index in [1.54, 1.807) is 6.33 Å². The molecule has 17 heavy (non-hydrogen) atoms. The molecule has 1 aromatic rings. The van der Waals surface area contributed by atoms with E-state index in [4.69, 9.17) is 16.3 Å². The van der Waals surface area contributed by atoms with E-state index in [0.29, 0.717) is 5.88 Å². The molecule has 5 heteroatoms. The van der Waals surface area contributed by atoms with Gasteiger partial charge in [0, 0.05) is 24.3 Å². The van der Waals surface area contributed by atoms with Crippen LogP contribution in [-0.2, 0) is 17.6 Å². The van der Waals surface area contributed by atoms with Crippen LogP contribution in [0.1, 0.15) is 17.7 Å². The highest BCUT2D eigenvalue weighted by atomic mass is 35.5. The molecule has 1 aliphatic carbocycles. The summed E-state index contributed by atoms with van der Waals surface area (Å²) in [7, 11) is 0. The summed E-state index contributed by atoms with van der Waals surface area (Å²) in [6, 6.07) is 0. The molecular weight excluding hydrogens is 238 g/mol. The molecule has 0 amide bonds. The number of anilines is 1. The lowest BCUT2D eigenvalue weighted by Gasteiger charge is -2.33. The van der Waals surface area contributed by atoms with Crippen LogP contribution in [-0.4, -0.2) is 41.6 Å². The summed E-state index contributed by atoms with van der Waals surface area (Å²) in [6.07, 6.45) is 5.20. The minimum Gasteiger partial charge on any atom is -0.373 e. The van der Waals surface area contributed by atoms with Gasteiger partial charge < -0.3 is 9.64 Å². The summed E-state index contributed by atoms with van der Waals surface area (Å²) in [5, 5.41) is 0. The van der Waals surface area contributed by atoms with Crippen molar-refractivity contribution >= 4 is 17.4 Å². The van der Waals surface area contributed by atoms with Crippen molar-refractivity contribution in [2.45, 2.75) is 25.4 Å². The first-order valence-corrected chi connectivity index (χ1v) is 6.67. The van der Waals surface area contributed by atoms with Gasteiger partial charge in [0.25, 0.3) is 0 Å². The number of aryl methyl sites for hydroxylation is 1. The molecule has 4 nitrogen and oxygen atoms in total. The molecule has 0 saturated carbocycles. The Labute approximate surface area is 106 Å². The standard InChI is InChI=1S/C12H16ClN3O/c13-6-9-7-16(4-5-17-9)12-10-2-1-3-11(10)14-8-15-12/h8-9H,1-7H2. The van der Waals surface area contributed by atoms with Gasteiger partial charge in [0.15, 0.2) is 0 Å². The number of nitrogens with zero attached hydrogens (tertiary/aromatic N) is 3. The van der Waals surface area contributed by atoms with Crippen molar-refractivity contribution in [3.63, 3.8) is 0 Å². The Kier molecular flexibility index (Phi) is 3.16. The molecule has 0 radical (unpaired) electrons. The lowest BCUT2D eigenvalue weighted by Crippen LogP contribution is -2.44. The molecule has 0 N–H and O–H groups in total. The van der Waals surface area contributed by atoms with Gasteiger partial charge in [0.2, 0.25) is 0 Å². The number of rotatable bonds is 2. The molecule has 1 unspecified atom stereocenters. The zero-order chi connectivity index (χ0) is 11.7. The quantitative estimate of drug-likeness (QED) is 0.747. The minimum absolute atomic E-state index is 0.123. The van der Waals surface area contributed by atoms with Crippen LogP contribution in [0.3, 0.4) is 0 Å². The molecule has 0 aromatic carbocycles. The summed E-state index contributed by atoms with van der Waals surface area (Å²) in [6.45, 7) is 2.47. The van der Waals surface area contributed by atoms with Gasteiger partial charge >= 0.3 is 0 Å². The van der Waals surface area contributed by atoms with Gasteiger partial charge in [-0.15, -0.1) is 11.6 Å². The van der Waals surface area contributed by atoms with E-state index in [1.807, 2.05) is 0 Å². The first-order valence-electron chi connectivity index (χ1n) is 6.13. The number of halogens is 1. The third-order valence-electron chi connectivity index (χ3n) is 3.46. The highest BCUT2D eigenvalue weighted by molar-refractivity contribution is 6.18. The Hall–Kier alpha value is -0.870. The van der Waals surface area contributed by atoms with Crippen LogP contribution in [0.25, 0.3) is 0 Å². The second kappa shape index (κ2) is 4.78. The molecule has 1 atom stereocenters. The summed E-state index contributed by atoms with van der Waals surface area (Å²) in [5.41, 5.74) is 2.56. The average molecular weight is 254 g/mol. The summed E-state index contributed by atoms with van der Waals surface area (Å²) in [4.78, 5) is 11.1. The van der Waals surface area contributed by atoms with Crippen molar-refractivity contribution < 1.29 is 4.74 Å². The van der Waals surface area contributed by atoms with E-state index >= 15 is 0 Å². The van der Waals surface area contributed by atoms with Crippen molar-refractivity contribution in [2.75, 3.05) is 30.5 Å². The maximum Gasteiger partial charge on any atom is 0.135 e. The van der Waals surface area contributed by atoms with Gasteiger partial charge in [-0.1, -0.05) is 0 Å². The number of morpholine rings is 1. The molecule has 0 spiro atoms. The minimum atomic E-state index is 0.123. The molecule has 1 aromatic heterocycles. The Morgan fingerprint density at radius 3 is 3.24 bits per heavy atom. The normalized spacial score (nSPS) is 23.8. The first-order chi connectivity index (χ1) is 8.38. The fraction of sp³-hybridized carbons (Fsp3) is 0.667. The van der Waals surface area contributed by atoms with E-state index in [2.05, 4.69) is 14.9 Å². The van der Waals surface area contributed by atoms with Crippen LogP contribution in [0.2, 0.25) is 0 Å². The van der Waals surface area contributed by atoms with Gasteiger partial charge in [0.1, 0.15) is 12.1 Å². The number of ether oxygens (including phenoxy) is 1. The molecule has 0 bridgehead atoms. The van der Waals surface area contributed by atoms with Gasteiger partial charge in [-0.05, 0) is 19.3 Å². The zero-order valence-corrected chi connectivity index (χ0v) is 10.5. The van der Waals surface area contributed by atoms with E-state index in [-0.39, 0.29) is 6.10 Å². The fourth-order valence-corrected chi connectivity index (χ4v) is 2.81. The number of alkyl halides is 1. The Bertz CT molecular complexity index is 413. The molecule has 1 aliphatic heterocycles. The predicted octanol–water partition coefficient (Wildman–Crippen LogP) is 1.41. The summed E-state index contributed by atoms with van der Waals surface area (Å²) in [5.74, 6) is 1.65. The molecule has 1 saturated heterocycles. The van der Waals surface area contributed by atoms with Crippen molar-refractivity contribution in [1.82, 2.24) is 9.97 Å². The highest BCUT2D eigenvalue weighted by Gasteiger charge is 2.25. The lowest BCUT2D eigenvalue weighted by molar-refractivity contribution is 0.0551. The number of hydrogen-bond donors (Lipinski definition) is 0. The van der Waals surface area contributed by atoms with Crippen molar-refractivity contribution in [1.29, 1.82) is 0 Å². The van der Waals surface area contributed by atoms with Crippen molar-refractivity contribution in [3.05, 3.63) is 17.6 Å². The van der Waals surface area contributed by atoms with Gasteiger partial charge in [-0.2, -0.15) is 0 Å². The maximum atomic E-state index is 5.87. The summed E-state index contributed by atoms with van der Waals surface area (Å²) >= 11 is 5.87. The van der Waals surface area contributed by atoms with E-state index in [0.717, 1.165) is 38.4 Å². The predicted molar refractivity (Wildman–Crippen MR) is 66.7 cm³/mol. The Balaban J connectivity index is 1.86. The average Bonchev–Trinajstić information content (AvgIpc) is 2.87. The zero-order valence-electron chi connectivity index (χ0n) is 9.73. The van der Waals surface area contributed by atoms with Gasteiger partial charge in [-0.25, -0.2) is 9.97 Å². The third kappa shape index (κ3) is 2.11. The molecule has 1 fully saturated rings. The number of aromatic nitrogens is 2. The van der Waals surface area contributed by atoms with Crippen LogP contribution in [0.4, 0.5) is 5.82 Å². The van der Waals surface area contributed by atoms with Gasteiger partial charge in [-0.3, -0.25) is 0 Å². The van der Waals surface area contributed by atoms with E-state index in [1.165, 1.54) is 17.7 Å². The topological polar surface area (TPSA) is 38.2 Å². The van der Waals surface area contributed by atoms with E-state index in [9.17, 15) is 0 Å². The smallest absolute Gasteiger partial charge is 0.135 e. The molecule has 3 rings (SSSR count). The fourth-order valence-electron chi connectivity index (χ4n) is 2.62. The van der Waals surface area contributed by atoms with E-state index < -0.39 is 0 Å². The third-order valence-corrected chi connectivity index (χ3v) is 3.81. The summed E-state index contributed by atoms with van der Waals surface area (Å²) < 4.78 is 5.58. The van der Waals surface area contributed by atoms with Crippen molar-refractivity contribution in [2.24, 2.45) is 0 Å². The largest absolute Gasteiger partial charge is 0.373 e. The monoisotopic (exact) mass is 253 g/mol. The highest BCUT2D eigenvalue weighted by Crippen LogP contribution is 2.28. The SMILES string of the molecule is ClCC1CN(c2ncnc3c2CCC3)CCO1. The van der Waals surface area contributed by atoms with Crippen LogP contribution >= 0.6 is 11.6 Å². The molecule has 2 heterocycles. The van der Waals surface area contributed by atoms with Crippen LogP contribution in [0.5, 0.6) is 0 Å². The van der Waals surface area contributed by atoms with Crippen LogP contribution < -0.4 is 4.90 Å². The second-order valence-electron chi connectivity index (χ2n) is 4.57. The lowest BCUT2D eigenvalue weighted by atomic mass is 10.2. The Morgan fingerprint density at radius 2 is 2.35 bits per heavy atom. The number of hydrogen-bond acceptors (Lipinski definition) is 4. The van der Waals surface area contributed by atoms with Gasteiger partial charge in [0.05, 0.1) is 18.6 Å². The second-order valence-corrected chi connectivity index (χ2v) is 4.88.